The van der Waals surface area contributed by atoms with Gasteiger partial charge in [0, 0.05) is 22.0 Å². The number of aryl methyl sites for hydroxylation is 1. The molecule has 1 atom stereocenters. The van der Waals surface area contributed by atoms with Crippen LogP contribution in [0, 0.1) is 6.92 Å². The second-order valence-corrected chi connectivity index (χ2v) is 7.16. The van der Waals surface area contributed by atoms with Gasteiger partial charge in [0.1, 0.15) is 12.4 Å². The van der Waals surface area contributed by atoms with Gasteiger partial charge in [-0.1, -0.05) is 0 Å². The van der Waals surface area contributed by atoms with Crippen LogP contribution in [-0.2, 0) is 11.3 Å². The molecule has 0 aliphatic carbocycles. The van der Waals surface area contributed by atoms with E-state index < -0.39 is 0 Å². The van der Waals surface area contributed by atoms with Crippen molar-refractivity contribution in [2.45, 2.75) is 32.4 Å². The number of thiophene rings is 1. The largest absolute Gasteiger partial charge is 0.491 e. The van der Waals surface area contributed by atoms with E-state index in [1.54, 1.807) is 11.3 Å². The van der Waals surface area contributed by atoms with E-state index in [-0.39, 0.29) is 12.1 Å². The molecule has 0 radical (unpaired) electrons. The van der Waals surface area contributed by atoms with Gasteiger partial charge in [-0.3, -0.25) is 0 Å². The summed E-state index contributed by atoms with van der Waals surface area (Å²) >= 11 is 1.68. The quantitative estimate of drug-likeness (QED) is 0.833. The van der Waals surface area contributed by atoms with Crippen LogP contribution in [0.2, 0.25) is 0 Å². The highest BCUT2D eigenvalue weighted by molar-refractivity contribution is 7.11. The standard InChI is InChI=1S/C18H22N2O3S/c1-13-4-9-17(24-13)11-19-18(21)20-14-5-7-15(8-6-14)23-12-16-3-2-10-22-16/h4-9,16H,2-3,10-12H2,1H3,(H2,19,20,21)/t16-/m0/s1. The number of carbonyl (C=O) groups is 1. The first kappa shape index (κ1) is 16.8. The Bertz CT molecular complexity index is 663. The molecule has 1 aromatic carbocycles. The molecule has 1 saturated heterocycles. The lowest BCUT2D eigenvalue weighted by atomic mass is 10.2. The van der Waals surface area contributed by atoms with Crippen molar-refractivity contribution in [3.63, 3.8) is 0 Å². The van der Waals surface area contributed by atoms with E-state index in [1.807, 2.05) is 30.3 Å². The Morgan fingerprint density at radius 2 is 2.12 bits per heavy atom. The van der Waals surface area contributed by atoms with Gasteiger partial charge in [-0.2, -0.15) is 0 Å². The number of amides is 2. The third-order valence-electron chi connectivity index (χ3n) is 3.79. The molecule has 2 N–H and O–H groups in total. The van der Waals surface area contributed by atoms with Crippen LogP contribution in [0.25, 0.3) is 0 Å². The number of carbonyl (C=O) groups excluding carboxylic acids is 1. The summed E-state index contributed by atoms with van der Waals surface area (Å²) in [5.41, 5.74) is 0.735. The zero-order chi connectivity index (χ0) is 16.8. The van der Waals surface area contributed by atoms with Crippen molar-refractivity contribution < 1.29 is 14.3 Å². The molecule has 3 rings (SSSR count). The molecule has 2 heterocycles. The van der Waals surface area contributed by atoms with E-state index in [2.05, 4.69) is 23.6 Å². The predicted octanol–water partition coefficient (Wildman–Crippen LogP) is 3.94. The van der Waals surface area contributed by atoms with Crippen LogP contribution in [0.3, 0.4) is 0 Å². The topological polar surface area (TPSA) is 59.6 Å². The minimum atomic E-state index is -0.214. The lowest BCUT2D eigenvalue weighted by Gasteiger charge is -2.12. The molecule has 0 bridgehead atoms. The number of ether oxygens (including phenoxy) is 2. The number of hydrogen-bond acceptors (Lipinski definition) is 4. The molecule has 0 unspecified atom stereocenters. The molecule has 5 nitrogen and oxygen atoms in total. The molecule has 24 heavy (non-hydrogen) atoms. The number of nitrogens with one attached hydrogen (secondary N) is 2. The predicted molar refractivity (Wildman–Crippen MR) is 95.8 cm³/mol. The van der Waals surface area contributed by atoms with Crippen LogP contribution in [0.15, 0.2) is 36.4 Å². The van der Waals surface area contributed by atoms with Crippen LogP contribution in [-0.4, -0.2) is 25.3 Å². The molecule has 1 aliphatic rings. The summed E-state index contributed by atoms with van der Waals surface area (Å²) < 4.78 is 11.2. The van der Waals surface area contributed by atoms with Gasteiger partial charge in [-0.05, 0) is 56.2 Å². The Morgan fingerprint density at radius 1 is 1.29 bits per heavy atom. The fourth-order valence-corrected chi connectivity index (χ4v) is 3.35. The zero-order valence-corrected chi connectivity index (χ0v) is 14.5. The molecule has 128 valence electrons. The van der Waals surface area contributed by atoms with Gasteiger partial charge >= 0.3 is 6.03 Å². The molecule has 1 aliphatic heterocycles. The Balaban J connectivity index is 1.42. The maximum Gasteiger partial charge on any atom is 0.319 e. The summed E-state index contributed by atoms with van der Waals surface area (Å²) in [6.07, 6.45) is 2.37. The Labute approximate surface area is 146 Å². The number of anilines is 1. The van der Waals surface area contributed by atoms with Gasteiger partial charge in [0.25, 0.3) is 0 Å². The third kappa shape index (κ3) is 4.97. The molecule has 0 spiro atoms. The number of rotatable bonds is 6. The first-order chi connectivity index (χ1) is 11.7. The summed E-state index contributed by atoms with van der Waals surface area (Å²) in [6, 6.07) is 11.2. The van der Waals surface area contributed by atoms with Crippen molar-refractivity contribution in [3.05, 3.63) is 46.2 Å². The Kier molecular flexibility index (Phi) is 5.72. The van der Waals surface area contributed by atoms with E-state index in [4.69, 9.17) is 9.47 Å². The lowest BCUT2D eigenvalue weighted by Crippen LogP contribution is -2.27. The van der Waals surface area contributed by atoms with E-state index in [0.29, 0.717) is 13.2 Å². The fourth-order valence-electron chi connectivity index (χ4n) is 2.52. The van der Waals surface area contributed by atoms with Crippen LogP contribution in [0.4, 0.5) is 10.5 Å². The fraction of sp³-hybridized carbons (Fsp3) is 0.389. The van der Waals surface area contributed by atoms with Gasteiger partial charge in [-0.15, -0.1) is 11.3 Å². The molecule has 2 aromatic rings. The monoisotopic (exact) mass is 346 g/mol. The highest BCUT2D eigenvalue weighted by Crippen LogP contribution is 2.18. The molecule has 1 aromatic heterocycles. The third-order valence-corrected chi connectivity index (χ3v) is 4.79. The summed E-state index contributed by atoms with van der Waals surface area (Å²) in [5.74, 6) is 0.783. The number of hydrogen-bond donors (Lipinski definition) is 2. The molecule has 0 saturated carbocycles. The number of urea groups is 1. The number of benzene rings is 1. The smallest absolute Gasteiger partial charge is 0.319 e. The normalized spacial score (nSPS) is 16.8. The van der Waals surface area contributed by atoms with Gasteiger partial charge < -0.3 is 20.1 Å². The van der Waals surface area contributed by atoms with Crippen molar-refractivity contribution in [3.8, 4) is 5.75 Å². The van der Waals surface area contributed by atoms with Crippen LogP contribution in [0.1, 0.15) is 22.6 Å². The van der Waals surface area contributed by atoms with Gasteiger partial charge in [-0.25, -0.2) is 4.79 Å². The minimum absolute atomic E-state index is 0.203. The lowest BCUT2D eigenvalue weighted by molar-refractivity contribution is 0.0679. The van der Waals surface area contributed by atoms with E-state index in [0.717, 1.165) is 35.8 Å². The van der Waals surface area contributed by atoms with E-state index >= 15 is 0 Å². The Hall–Kier alpha value is -2.05. The van der Waals surface area contributed by atoms with Gasteiger partial charge in [0.05, 0.1) is 12.6 Å². The van der Waals surface area contributed by atoms with E-state index in [1.165, 1.54) is 4.88 Å². The first-order valence-electron chi connectivity index (χ1n) is 8.14. The second kappa shape index (κ2) is 8.17. The van der Waals surface area contributed by atoms with Crippen LogP contribution < -0.4 is 15.4 Å². The summed E-state index contributed by atoms with van der Waals surface area (Å²) in [5, 5.41) is 5.67. The SMILES string of the molecule is Cc1ccc(CNC(=O)Nc2ccc(OC[C@@H]3CCCO3)cc2)s1. The highest BCUT2D eigenvalue weighted by atomic mass is 32.1. The van der Waals surface area contributed by atoms with Crippen molar-refractivity contribution in [1.29, 1.82) is 0 Å². The molecular formula is C18H22N2O3S. The molecule has 2 amide bonds. The van der Waals surface area contributed by atoms with Gasteiger partial charge in [0.15, 0.2) is 0 Å². The molecule has 6 heteroatoms. The molecule has 1 fully saturated rings. The first-order valence-corrected chi connectivity index (χ1v) is 8.95. The Morgan fingerprint density at radius 3 is 2.79 bits per heavy atom. The average Bonchev–Trinajstić information content (AvgIpc) is 3.24. The van der Waals surface area contributed by atoms with Crippen molar-refractivity contribution in [2.24, 2.45) is 0 Å². The van der Waals surface area contributed by atoms with Crippen LogP contribution >= 0.6 is 11.3 Å². The summed E-state index contributed by atoms with van der Waals surface area (Å²) in [4.78, 5) is 14.3. The summed E-state index contributed by atoms with van der Waals surface area (Å²) in [7, 11) is 0. The highest BCUT2D eigenvalue weighted by Gasteiger charge is 2.15. The summed E-state index contributed by atoms with van der Waals surface area (Å²) in [6.45, 7) is 3.99. The minimum Gasteiger partial charge on any atom is -0.491 e. The van der Waals surface area contributed by atoms with Crippen molar-refractivity contribution in [1.82, 2.24) is 5.32 Å². The van der Waals surface area contributed by atoms with E-state index in [9.17, 15) is 4.79 Å². The molecular weight excluding hydrogens is 324 g/mol. The maximum atomic E-state index is 11.9. The van der Waals surface area contributed by atoms with Crippen molar-refractivity contribution >= 4 is 23.1 Å². The van der Waals surface area contributed by atoms with Crippen molar-refractivity contribution in [2.75, 3.05) is 18.5 Å². The van der Waals surface area contributed by atoms with Crippen LogP contribution in [0.5, 0.6) is 5.75 Å². The maximum absolute atomic E-state index is 11.9. The van der Waals surface area contributed by atoms with Gasteiger partial charge in [0.2, 0.25) is 0 Å². The average molecular weight is 346 g/mol. The second-order valence-electron chi connectivity index (χ2n) is 5.79. The zero-order valence-electron chi connectivity index (χ0n) is 13.7.